The molecule has 3 nitrogen and oxygen atoms in total. The van der Waals surface area contributed by atoms with E-state index in [1.165, 1.54) is 14.2 Å². The number of rotatable bonds is 2. The van der Waals surface area contributed by atoms with Gasteiger partial charge in [0.25, 0.3) is 0 Å². The number of ether oxygens (including phenoxy) is 2. The molecule has 0 unspecified atom stereocenters. The van der Waals surface area contributed by atoms with Crippen LogP contribution in [0.3, 0.4) is 0 Å². The monoisotopic (exact) mass is 144 g/mol. The molecule has 0 fully saturated rings. The fraction of sp³-hybridized carbons (Fsp3) is 0.714. The van der Waals surface area contributed by atoms with Crippen LogP contribution >= 0.6 is 0 Å². The molecule has 0 aliphatic rings. The summed E-state index contributed by atoms with van der Waals surface area (Å²) in [5.41, 5.74) is 0. The van der Waals surface area contributed by atoms with Gasteiger partial charge in [0.05, 0.1) is 0 Å². The molecule has 0 saturated carbocycles. The smallest absolute Gasteiger partial charge is 0.221 e. The highest BCUT2D eigenvalue weighted by Gasteiger charge is 1.96. The lowest BCUT2D eigenvalue weighted by molar-refractivity contribution is -0.0597. The summed E-state index contributed by atoms with van der Waals surface area (Å²) in [7, 11) is 2.98. The van der Waals surface area contributed by atoms with E-state index >= 15 is 0 Å². The Morgan fingerprint density at radius 2 is 1.70 bits per heavy atom. The van der Waals surface area contributed by atoms with Crippen LogP contribution in [0, 0.1) is 11.8 Å². The van der Waals surface area contributed by atoms with E-state index in [1.54, 1.807) is 6.92 Å². The maximum atomic E-state index is 8.71. The molecule has 0 saturated heterocycles. The highest BCUT2D eigenvalue weighted by atomic mass is 16.7. The van der Waals surface area contributed by atoms with Crippen molar-refractivity contribution in [1.82, 2.24) is 0 Å². The second kappa shape index (κ2) is 5.24. The summed E-state index contributed by atoms with van der Waals surface area (Å²) in [5.74, 6) is 5.08. The number of hydrogen-bond acceptors (Lipinski definition) is 3. The standard InChI is InChI=1S/C7H12O3/c1-6(8)4-5-7(9-2)10-3/h6-8H,1-3H3/t6-/m0/s1. The van der Waals surface area contributed by atoms with Gasteiger partial charge in [0.15, 0.2) is 0 Å². The van der Waals surface area contributed by atoms with Crippen LogP contribution in [-0.4, -0.2) is 31.7 Å². The van der Waals surface area contributed by atoms with Gasteiger partial charge in [0.1, 0.15) is 6.10 Å². The van der Waals surface area contributed by atoms with Crippen molar-refractivity contribution in [3.8, 4) is 11.8 Å². The molecule has 58 valence electrons. The zero-order chi connectivity index (χ0) is 7.98. The molecule has 0 rings (SSSR count). The first kappa shape index (κ1) is 9.44. The summed E-state index contributed by atoms with van der Waals surface area (Å²) in [6.07, 6.45) is -1.16. The predicted molar refractivity (Wildman–Crippen MR) is 37.3 cm³/mol. The van der Waals surface area contributed by atoms with Gasteiger partial charge in [-0.1, -0.05) is 5.92 Å². The largest absolute Gasteiger partial charge is 0.381 e. The summed E-state index contributed by atoms with van der Waals surface area (Å²) in [5, 5.41) is 8.71. The minimum Gasteiger partial charge on any atom is -0.381 e. The second-order valence-electron chi connectivity index (χ2n) is 1.77. The van der Waals surface area contributed by atoms with Gasteiger partial charge in [-0.3, -0.25) is 0 Å². The van der Waals surface area contributed by atoms with Crippen LogP contribution in [0.25, 0.3) is 0 Å². The lowest BCUT2D eigenvalue weighted by atomic mass is 10.4. The summed E-state index contributed by atoms with van der Waals surface area (Å²) >= 11 is 0. The van der Waals surface area contributed by atoms with Gasteiger partial charge in [-0.2, -0.15) is 0 Å². The van der Waals surface area contributed by atoms with Crippen molar-refractivity contribution in [1.29, 1.82) is 0 Å². The van der Waals surface area contributed by atoms with Gasteiger partial charge >= 0.3 is 0 Å². The normalized spacial score (nSPS) is 12.5. The van der Waals surface area contributed by atoms with E-state index in [0.29, 0.717) is 0 Å². The van der Waals surface area contributed by atoms with E-state index in [4.69, 9.17) is 14.6 Å². The minimum atomic E-state index is -0.632. The van der Waals surface area contributed by atoms with Gasteiger partial charge in [-0.25, -0.2) is 0 Å². The summed E-state index contributed by atoms with van der Waals surface area (Å²) in [6, 6.07) is 0. The highest BCUT2D eigenvalue weighted by Crippen LogP contribution is 1.86. The fourth-order valence-corrected chi connectivity index (χ4v) is 0.403. The lowest BCUT2D eigenvalue weighted by Crippen LogP contribution is -2.10. The Morgan fingerprint density at radius 1 is 1.20 bits per heavy atom. The first-order valence-electron chi connectivity index (χ1n) is 2.95. The predicted octanol–water partition coefficient (Wildman–Crippen LogP) is -0.0105. The molecule has 0 heterocycles. The molecule has 0 amide bonds. The summed E-state index contributed by atoms with van der Waals surface area (Å²) < 4.78 is 9.49. The van der Waals surface area contributed by atoms with Crippen LogP contribution in [0.4, 0.5) is 0 Å². The zero-order valence-electron chi connectivity index (χ0n) is 6.42. The van der Waals surface area contributed by atoms with Crippen molar-refractivity contribution < 1.29 is 14.6 Å². The van der Waals surface area contributed by atoms with Gasteiger partial charge in [0.2, 0.25) is 6.29 Å². The van der Waals surface area contributed by atoms with E-state index in [-0.39, 0.29) is 0 Å². The second-order valence-corrected chi connectivity index (χ2v) is 1.77. The molecule has 0 aliphatic heterocycles. The van der Waals surface area contributed by atoms with E-state index in [9.17, 15) is 0 Å². The first-order chi connectivity index (χ1) is 4.70. The van der Waals surface area contributed by atoms with Gasteiger partial charge in [-0.05, 0) is 12.8 Å². The number of aliphatic hydroxyl groups excluding tert-OH is 1. The number of aliphatic hydroxyl groups is 1. The maximum absolute atomic E-state index is 8.71. The molecule has 1 N–H and O–H groups in total. The Balaban J connectivity index is 3.74. The van der Waals surface area contributed by atoms with Crippen molar-refractivity contribution in [3.05, 3.63) is 0 Å². The molecular weight excluding hydrogens is 132 g/mol. The molecule has 0 radical (unpaired) electrons. The molecule has 0 bridgehead atoms. The molecule has 3 heteroatoms. The SMILES string of the molecule is COC(C#C[C@H](C)O)OC. The Morgan fingerprint density at radius 3 is 2.00 bits per heavy atom. The molecule has 10 heavy (non-hydrogen) atoms. The lowest BCUT2D eigenvalue weighted by Gasteiger charge is -2.03. The molecule has 1 atom stereocenters. The van der Waals surface area contributed by atoms with E-state index in [0.717, 1.165) is 0 Å². The van der Waals surface area contributed by atoms with E-state index in [1.807, 2.05) is 0 Å². The molecular formula is C7H12O3. The van der Waals surface area contributed by atoms with Crippen LogP contribution in [0.1, 0.15) is 6.92 Å². The summed E-state index contributed by atoms with van der Waals surface area (Å²) in [6.45, 7) is 1.58. The molecule has 0 aromatic rings. The quantitative estimate of drug-likeness (QED) is 0.437. The Labute approximate surface area is 60.9 Å². The van der Waals surface area contributed by atoms with Crippen molar-refractivity contribution in [2.24, 2.45) is 0 Å². The van der Waals surface area contributed by atoms with Gasteiger partial charge < -0.3 is 14.6 Å². The Hall–Kier alpha value is -0.560. The van der Waals surface area contributed by atoms with Gasteiger partial charge in [-0.15, -0.1) is 0 Å². The fourth-order valence-electron chi connectivity index (χ4n) is 0.403. The average Bonchev–Trinajstić information content (AvgIpc) is 1.90. The van der Waals surface area contributed by atoms with Gasteiger partial charge in [0, 0.05) is 14.2 Å². The molecule has 0 aromatic heterocycles. The molecule has 0 spiro atoms. The molecule has 0 aliphatic carbocycles. The number of hydrogen-bond donors (Lipinski definition) is 1. The van der Waals surface area contributed by atoms with Crippen LogP contribution < -0.4 is 0 Å². The van der Waals surface area contributed by atoms with Crippen LogP contribution in [0.15, 0.2) is 0 Å². The van der Waals surface area contributed by atoms with Crippen LogP contribution in [-0.2, 0) is 9.47 Å². The average molecular weight is 144 g/mol. The van der Waals surface area contributed by atoms with Crippen molar-refractivity contribution in [3.63, 3.8) is 0 Å². The van der Waals surface area contributed by atoms with E-state index < -0.39 is 12.4 Å². The minimum absolute atomic E-state index is 0.533. The Kier molecular flexibility index (Phi) is 4.95. The topological polar surface area (TPSA) is 38.7 Å². The van der Waals surface area contributed by atoms with Crippen molar-refractivity contribution in [2.45, 2.75) is 19.3 Å². The zero-order valence-corrected chi connectivity index (χ0v) is 6.42. The highest BCUT2D eigenvalue weighted by molar-refractivity contribution is 5.05. The Bertz CT molecular complexity index is 128. The summed E-state index contributed by atoms with van der Waals surface area (Å²) in [4.78, 5) is 0. The third kappa shape index (κ3) is 4.33. The molecule has 0 aromatic carbocycles. The van der Waals surface area contributed by atoms with E-state index in [2.05, 4.69) is 11.8 Å². The number of methoxy groups -OCH3 is 2. The third-order valence-electron chi connectivity index (χ3n) is 0.838. The van der Waals surface area contributed by atoms with Crippen LogP contribution in [0.5, 0.6) is 0 Å². The maximum Gasteiger partial charge on any atom is 0.221 e. The first-order valence-corrected chi connectivity index (χ1v) is 2.95. The van der Waals surface area contributed by atoms with Crippen molar-refractivity contribution >= 4 is 0 Å². The third-order valence-corrected chi connectivity index (χ3v) is 0.838. The van der Waals surface area contributed by atoms with Crippen molar-refractivity contribution in [2.75, 3.05) is 14.2 Å². The van der Waals surface area contributed by atoms with Crippen LogP contribution in [0.2, 0.25) is 0 Å².